The fourth-order valence-electron chi connectivity index (χ4n) is 3.15. The Bertz CT molecular complexity index is 728. The van der Waals surface area contributed by atoms with Crippen molar-refractivity contribution in [3.63, 3.8) is 0 Å². The quantitative estimate of drug-likeness (QED) is 0.804. The second-order valence-corrected chi connectivity index (χ2v) is 11.1. The lowest BCUT2D eigenvalue weighted by Gasteiger charge is -2.29. The molecule has 0 spiro atoms. The number of hydrogen-bond donors (Lipinski definition) is 0. The molecule has 2 aromatic rings. The highest BCUT2D eigenvalue weighted by atomic mass is 28.3. The minimum atomic E-state index is -1.91. The molecule has 1 fully saturated rings. The number of benzene rings is 2. The van der Waals surface area contributed by atoms with Crippen LogP contribution < -0.4 is 15.1 Å². The Balaban J connectivity index is 1.90. The normalized spacial score (nSPS) is 18.0. The van der Waals surface area contributed by atoms with E-state index in [1.165, 1.54) is 10.4 Å². The third-order valence-electron chi connectivity index (χ3n) is 4.69. The van der Waals surface area contributed by atoms with Crippen LogP contribution in [0.1, 0.15) is 24.8 Å². The first-order valence-corrected chi connectivity index (χ1v) is 11.5. The van der Waals surface area contributed by atoms with Crippen LogP contribution in [-0.4, -0.2) is 21.0 Å². The Morgan fingerprint density at radius 2 is 1.83 bits per heavy atom. The predicted octanol–water partition coefficient (Wildman–Crippen LogP) is 3.29. The van der Waals surface area contributed by atoms with Crippen LogP contribution in [0.25, 0.3) is 0 Å². The van der Waals surface area contributed by atoms with Crippen LogP contribution in [0.15, 0.2) is 48.5 Å². The summed E-state index contributed by atoms with van der Waals surface area (Å²) in [6.07, 6.45) is 3.09. The van der Waals surface area contributed by atoms with Gasteiger partial charge in [0, 0.05) is 6.42 Å². The summed E-state index contributed by atoms with van der Waals surface area (Å²) in [7, 11) is -1.91. The van der Waals surface area contributed by atoms with Gasteiger partial charge in [-0.1, -0.05) is 48.6 Å². The van der Waals surface area contributed by atoms with E-state index in [9.17, 15) is 0 Å². The summed E-state index contributed by atoms with van der Waals surface area (Å²) < 4.78 is 11.9. The van der Waals surface area contributed by atoms with Gasteiger partial charge in [0.1, 0.15) is 13.8 Å². The Hall–Kier alpha value is -2.09. The minimum absolute atomic E-state index is 0.134. The Labute approximate surface area is 144 Å². The van der Waals surface area contributed by atoms with Gasteiger partial charge in [0.15, 0.2) is 6.29 Å². The third-order valence-corrected chi connectivity index (χ3v) is 8.23. The molecule has 1 unspecified atom stereocenters. The monoisotopic (exact) mass is 337 g/mol. The van der Waals surface area contributed by atoms with E-state index in [2.05, 4.69) is 43.4 Å². The van der Waals surface area contributed by atoms with E-state index in [-0.39, 0.29) is 6.29 Å². The van der Waals surface area contributed by atoms with Gasteiger partial charge in [0.25, 0.3) is 0 Å². The highest BCUT2D eigenvalue weighted by Crippen LogP contribution is 2.20. The van der Waals surface area contributed by atoms with Crippen LogP contribution in [0.3, 0.4) is 0 Å². The lowest BCUT2D eigenvalue weighted by molar-refractivity contribution is -0.105. The smallest absolute Gasteiger partial charge is 0.199 e. The lowest BCUT2D eigenvalue weighted by atomic mass is 10.2. The number of nitriles is 1. The maximum atomic E-state index is 9.00. The molecule has 1 atom stereocenters. The first kappa shape index (κ1) is 16.8. The summed E-state index contributed by atoms with van der Waals surface area (Å²) in [4.78, 5) is 0. The summed E-state index contributed by atoms with van der Waals surface area (Å²) in [6.45, 7) is 5.42. The Kier molecular flexibility index (Phi) is 5.03. The first-order chi connectivity index (χ1) is 11.6. The predicted molar refractivity (Wildman–Crippen MR) is 98.6 cm³/mol. The fourth-order valence-corrected chi connectivity index (χ4v) is 5.73. The van der Waals surface area contributed by atoms with Crippen molar-refractivity contribution in [1.82, 2.24) is 0 Å². The van der Waals surface area contributed by atoms with E-state index in [0.29, 0.717) is 5.56 Å². The topological polar surface area (TPSA) is 42.2 Å². The number of ether oxygens (including phenoxy) is 2. The third kappa shape index (κ3) is 3.53. The summed E-state index contributed by atoms with van der Waals surface area (Å²) in [5, 5.41) is 11.6. The van der Waals surface area contributed by atoms with Crippen LogP contribution in [-0.2, 0) is 4.74 Å². The Morgan fingerprint density at radius 3 is 2.50 bits per heavy atom. The van der Waals surface area contributed by atoms with Crippen molar-refractivity contribution in [1.29, 1.82) is 5.26 Å². The van der Waals surface area contributed by atoms with Gasteiger partial charge in [-0.2, -0.15) is 5.26 Å². The van der Waals surface area contributed by atoms with E-state index in [1.807, 2.05) is 24.3 Å². The van der Waals surface area contributed by atoms with Crippen LogP contribution >= 0.6 is 0 Å². The van der Waals surface area contributed by atoms with Gasteiger partial charge in [-0.15, -0.1) is 0 Å². The largest absolute Gasteiger partial charge is 0.465 e. The molecule has 3 nitrogen and oxygen atoms in total. The van der Waals surface area contributed by atoms with Crippen molar-refractivity contribution in [2.24, 2.45) is 0 Å². The average Bonchev–Trinajstić information content (AvgIpc) is 2.63. The van der Waals surface area contributed by atoms with Crippen LogP contribution in [0.5, 0.6) is 5.75 Å². The molecule has 1 aliphatic rings. The van der Waals surface area contributed by atoms with E-state index < -0.39 is 8.07 Å². The summed E-state index contributed by atoms with van der Waals surface area (Å²) in [6, 6.07) is 18.5. The molecule has 1 heterocycles. The molecular formula is C20H23NO2Si. The SMILES string of the molecule is C[Si](C)(c1ccc(C#N)cc1)c1ccccc1OC1CCCCO1. The van der Waals surface area contributed by atoms with E-state index in [1.54, 1.807) is 0 Å². The van der Waals surface area contributed by atoms with E-state index in [4.69, 9.17) is 14.7 Å². The van der Waals surface area contributed by atoms with Gasteiger partial charge < -0.3 is 9.47 Å². The fraction of sp³-hybridized carbons (Fsp3) is 0.350. The zero-order valence-electron chi connectivity index (χ0n) is 14.3. The maximum absolute atomic E-state index is 9.00. The van der Waals surface area contributed by atoms with Crippen molar-refractivity contribution in [2.45, 2.75) is 38.6 Å². The van der Waals surface area contributed by atoms with Crippen molar-refractivity contribution in [3.8, 4) is 11.8 Å². The van der Waals surface area contributed by atoms with Gasteiger partial charge in [-0.25, -0.2) is 0 Å². The van der Waals surface area contributed by atoms with Crippen molar-refractivity contribution in [2.75, 3.05) is 6.61 Å². The number of nitrogens with zero attached hydrogens (tertiary/aromatic N) is 1. The van der Waals surface area contributed by atoms with Crippen molar-refractivity contribution >= 4 is 18.4 Å². The molecule has 4 heteroatoms. The molecule has 0 radical (unpaired) electrons. The second kappa shape index (κ2) is 7.21. The molecular weight excluding hydrogens is 314 g/mol. The highest BCUT2D eigenvalue weighted by molar-refractivity contribution is 7.00. The van der Waals surface area contributed by atoms with Crippen LogP contribution in [0.4, 0.5) is 0 Å². The standard InChI is InChI=1S/C20H23NO2Si/c1-24(2,17-12-10-16(15-21)11-13-17)19-8-4-3-7-18(19)23-20-9-5-6-14-22-20/h3-4,7-8,10-13,20H,5-6,9,14H2,1-2H3. The molecule has 0 aliphatic carbocycles. The van der Waals surface area contributed by atoms with E-state index in [0.717, 1.165) is 31.6 Å². The summed E-state index contributed by atoms with van der Waals surface area (Å²) >= 11 is 0. The maximum Gasteiger partial charge on any atom is 0.199 e. The zero-order valence-corrected chi connectivity index (χ0v) is 15.3. The first-order valence-electron chi connectivity index (χ1n) is 8.49. The number of hydrogen-bond acceptors (Lipinski definition) is 3. The Morgan fingerprint density at radius 1 is 1.08 bits per heavy atom. The van der Waals surface area contributed by atoms with Gasteiger partial charge in [0.05, 0.1) is 18.2 Å². The average molecular weight is 337 g/mol. The van der Waals surface area contributed by atoms with Crippen LogP contribution in [0.2, 0.25) is 13.1 Å². The molecule has 0 bridgehead atoms. The molecule has 24 heavy (non-hydrogen) atoms. The molecule has 2 aromatic carbocycles. The summed E-state index contributed by atoms with van der Waals surface area (Å²) in [5.74, 6) is 0.936. The molecule has 0 amide bonds. The molecule has 0 N–H and O–H groups in total. The molecule has 0 saturated carbocycles. The summed E-state index contributed by atoms with van der Waals surface area (Å²) in [5.41, 5.74) is 0.698. The second-order valence-electron chi connectivity index (χ2n) is 6.72. The van der Waals surface area contributed by atoms with Gasteiger partial charge in [-0.3, -0.25) is 0 Å². The highest BCUT2D eigenvalue weighted by Gasteiger charge is 2.30. The number of rotatable bonds is 4. The van der Waals surface area contributed by atoms with Crippen molar-refractivity contribution < 1.29 is 9.47 Å². The van der Waals surface area contributed by atoms with Gasteiger partial charge >= 0.3 is 0 Å². The minimum Gasteiger partial charge on any atom is -0.465 e. The molecule has 0 aromatic heterocycles. The lowest BCUT2D eigenvalue weighted by Crippen LogP contribution is -2.53. The van der Waals surface area contributed by atoms with Crippen LogP contribution in [0, 0.1) is 11.3 Å². The van der Waals surface area contributed by atoms with Crippen molar-refractivity contribution in [3.05, 3.63) is 54.1 Å². The van der Waals surface area contributed by atoms with E-state index >= 15 is 0 Å². The van der Waals surface area contributed by atoms with Gasteiger partial charge in [-0.05, 0) is 36.2 Å². The molecule has 3 rings (SSSR count). The molecule has 124 valence electrons. The molecule has 1 saturated heterocycles. The number of para-hydroxylation sites is 1. The zero-order chi connectivity index (χ0) is 17.0. The van der Waals surface area contributed by atoms with Gasteiger partial charge in [0.2, 0.25) is 0 Å². The molecule has 1 aliphatic heterocycles.